The Labute approximate surface area is 246 Å². The highest BCUT2D eigenvalue weighted by atomic mass is 16.6. The first-order valence-electron chi connectivity index (χ1n) is 15.0. The summed E-state index contributed by atoms with van der Waals surface area (Å²) in [6, 6.07) is 4.91. The number of furan rings is 1. The van der Waals surface area contributed by atoms with Crippen molar-refractivity contribution >= 4 is 34.5 Å². The van der Waals surface area contributed by atoms with Gasteiger partial charge >= 0.3 is 0 Å². The Morgan fingerprint density at radius 2 is 1.71 bits per heavy atom. The minimum Gasteiger partial charge on any atom is -0.464 e. The Morgan fingerprint density at radius 3 is 2.43 bits per heavy atom. The molecule has 0 radical (unpaired) electrons. The number of ketones is 1. The topological polar surface area (TPSA) is 143 Å². The lowest BCUT2D eigenvalue weighted by Crippen LogP contribution is -2.57. The van der Waals surface area contributed by atoms with Crippen LogP contribution in [0.15, 0.2) is 34.9 Å². The first kappa shape index (κ1) is 30.2. The van der Waals surface area contributed by atoms with Crippen molar-refractivity contribution in [1.82, 2.24) is 20.9 Å². The van der Waals surface area contributed by atoms with Gasteiger partial charge in [0.2, 0.25) is 17.7 Å². The molecule has 1 aromatic heterocycles. The van der Waals surface area contributed by atoms with Gasteiger partial charge in [0.15, 0.2) is 5.78 Å². The number of nitrogens with one attached hydrogen (secondary N) is 3. The van der Waals surface area contributed by atoms with Crippen LogP contribution in [-0.2, 0) is 35.1 Å². The molecule has 1 saturated carbocycles. The molecule has 3 N–H and O–H groups in total. The number of epoxide rings is 1. The number of nitrogens with zero attached hydrogens (tertiary/aromatic N) is 1. The molecule has 2 aromatic rings. The Kier molecular flexibility index (Phi) is 9.60. The second-order valence-corrected chi connectivity index (χ2v) is 12.1. The van der Waals surface area contributed by atoms with E-state index in [2.05, 4.69) is 16.0 Å². The first-order valence-corrected chi connectivity index (χ1v) is 15.0. The van der Waals surface area contributed by atoms with Crippen LogP contribution in [0, 0.1) is 5.92 Å². The van der Waals surface area contributed by atoms with Gasteiger partial charge < -0.3 is 29.8 Å². The van der Waals surface area contributed by atoms with E-state index in [4.69, 9.17) is 13.9 Å². The summed E-state index contributed by atoms with van der Waals surface area (Å²) in [5, 5.41) is 9.44. The van der Waals surface area contributed by atoms with Gasteiger partial charge in [-0.2, -0.15) is 0 Å². The van der Waals surface area contributed by atoms with Gasteiger partial charge in [-0.05, 0) is 49.9 Å². The number of fused-ring (bicyclic) bond motifs is 1. The molecule has 1 aromatic carbocycles. The number of rotatable bonds is 13. The molecular formula is C31H42N4O7. The van der Waals surface area contributed by atoms with E-state index in [9.17, 15) is 19.2 Å². The van der Waals surface area contributed by atoms with Crippen LogP contribution in [0.2, 0.25) is 0 Å². The van der Waals surface area contributed by atoms with E-state index in [0.717, 1.165) is 42.2 Å². The highest BCUT2D eigenvalue weighted by Gasteiger charge is 2.50. The summed E-state index contributed by atoms with van der Waals surface area (Å²) in [6.07, 6.45) is 6.66. The lowest BCUT2D eigenvalue weighted by molar-refractivity contribution is -0.134. The smallest absolute Gasteiger partial charge is 0.243 e. The Morgan fingerprint density at radius 1 is 1.00 bits per heavy atom. The normalized spacial score (nSPS) is 23.2. The SMILES string of the molecule is C[C@H](NC(=O)CN1CCOCC1)C(=O)N[C@@H](Cc1ccc2occc2c1)C(=O)N[C@@H](CC1CCCC1)C(=O)[C@@]1(C)CO1. The number of morpholine rings is 1. The second kappa shape index (κ2) is 13.4. The van der Waals surface area contributed by atoms with Crippen molar-refractivity contribution in [3.63, 3.8) is 0 Å². The molecule has 228 valence electrons. The van der Waals surface area contributed by atoms with E-state index in [1.165, 1.54) is 0 Å². The predicted molar refractivity (Wildman–Crippen MR) is 155 cm³/mol. The fourth-order valence-corrected chi connectivity index (χ4v) is 5.90. The molecule has 3 heterocycles. The maximum atomic E-state index is 13.8. The van der Waals surface area contributed by atoms with Crippen LogP contribution < -0.4 is 16.0 Å². The van der Waals surface area contributed by atoms with Crippen molar-refractivity contribution in [2.45, 2.75) is 76.1 Å². The van der Waals surface area contributed by atoms with Gasteiger partial charge in [0, 0.05) is 24.9 Å². The van der Waals surface area contributed by atoms with Crippen LogP contribution >= 0.6 is 0 Å². The maximum Gasteiger partial charge on any atom is 0.243 e. The van der Waals surface area contributed by atoms with Crippen LogP contribution in [0.3, 0.4) is 0 Å². The lowest BCUT2D eigenvalue weighted by Gasteiger charge is -2.27. The average molecular weight is 583 g/mol. The summed E-state index contributed by atoms with van der Waals surface area (Å²) in [4.78, 5) is 55.0. The molecule has 3 amide bonds. The molecule has 0 unspecified atom stereocenters. The molecule has 5 rings (SSSR count). The second-order valence-electron chi connectivity index (χ2n) is 12.1. The van der Waals surface area contributed by atoms with Crippen molar-refractivity contribution in [2.75, 3.05) is 39.5 Å². The van der Waals surface area contributed by atoms with E-state index < -0.39 is 35.5 Å². The summed E-state index contributed by atoms with van der Waals surface area (Å²) >= 11 is 0. The molecule has 4 atom stereocenters. The first-order chi connectivity index (χ1) is 20.2. The number of benzene rings is 1. The summed E-state index contributed by atoms with van der Waals surface area (Å²) < 4.78 is 16.2. The van der Waals surface area contributed by atoms with Gasteiger partial charge in [-0.25, -0.2) is 0 Å². The number of ether oxygens (including phenoxy) is 2. The van der Waals surface area contributed by atoms with Crippen molar-refractivity contribution in [3.8, 4) is 0 Å². The van der Waals surface area contributed by atoms with Crippen LogP contribution in [0.1, 0.15) is 51.5 Å². The molecule has 0 spiro atoms. The molecule has 11 nitrogen and oxygen atoms in total. The number of hydrogen-bond acceptors (Lipinski definition) is 8. The Hall–Kier alpha value is -3.28. The zero-order valence-electron chi connectivity index (χ0n) is 24.5. The average Bonchev–Trinajstić information content (AvgIpc) is 3.32. The molecular weight excluding hydrogens is 540 g/mol. The molecule has 3 fully saturated rings. The zero-order valence-corrected chi connectivity index (χ0v) is 24.5. The molecule has 2 aliphatic heterocycles. The predicted octanol–water partition coefficient (Wildman–Crippen LogP) is 1.72. The van der Waals surface area contributed by atoms with Gasteiger partial charge in [0.05, 0.1) is 38.7 Å². The summed E-state index contributed by atoms with van der Waals surface area (Å²) in [6.45, 7) is 6.31. The van der Waals surface area contributed by atoms with Crippen molar-refractivity contribution in [1.29, 1.82) is 0 Å². The van der Waals surface area contributed by atoms with E-state index in [1.54, 1.807) is 20.1 Å². The third-order valence-electron chi connectivity index (χ3n) is 8.61. The minimum absolute atomic E-state index is 0.128. The number of carbonyl (C=O) groups is 4. The Bertz CT molecular complexity index is 1280. The van der Waals surface area contributed by atoms with Gasteiger partial charge in [-0.1, -0.05) is 31.7 Å². The molecule has 3 aliphatic rings. The van der Waals surface area contributed by atoms with Gasteiger partial charge in [-0.15, -0.1) is 0 Å². The molecule has 2 saturated heterocycles. The molecule has 0 bridgehead atoms. The number of carbonyl (C=O) groups excluding carboxylic acids is 4. The monoisotopic (exact) mass is 582 g/mol. The van der Waals surface area contributed by atoms with E-state index in [1.807, 2.05) is 29.2 Å². The number of Topliss-reactive ketones (excluding diaryl/α,β-unsaturated/α-hetero) is 1. The van der Waals surface area contributed by atoms with Gasteiger partial charge in [0.1, 0.15) is 23.3 Å². The highest BCUT2D eigenvalue weighted by molar-refractivity contribution is 5.98. The third kappa shape index (κ3) is 7.76. The van der Waals surface area contributed by atoms with Crippen molar-refractivity contribution in [3.05, 3.63) is 36.1 Å². The van der Waals surface area contributed by atoms with E-state index in [-0.39, 0.29) is 24.7 Å². The van der Waals surface area contributed by atoms with Crippen LogP contribution in [0.5, 0.6) is 0 Å². The van der Waals surface area contributed by atoms with Crippen LogP contribution in [-0.4, -0.2) is 91.6 Å². The lowest BCUT2D eigenvalue weighted by atomic mass is 9.90. The van der Waals surface area contributed by atoms with Gasteiger partial charge in [0.25, 0.3) is 0 Å². The number of hydrogen-bond donors (Lipinski definition) is 3. The number of amides is 3. The summed E-state index contributed by atoms with van der Waals surface area (Å²) in [7, 11) is 0. The molecule has 42 heavy (non-hydrogen) atoms. The quantitative estimate of drug-likeness (QED) is 0.303. The van der Waals surface area contributed by atoms with Gasteiger partial charge in [-0.3, -0.25) is 24.1 Å². The van der Waals surface area contributed by atoms with Crippen molar-refractivity contribution in [2.24, 2.45) is 5.92 Å². The van der Waals surface area contributed by atoms with E-state index >= 15 is 0 Å². The molecule has 1 aliphatic carbocycles. The van der Waals surface area contributed by atoms with E-state index in [0.29, 0.717) is 45.2 Å². The highest BCUT2D eigenvalue weighted by Crippen LogP contribution is 2.33. The minimum atomic E-state index is -0.966. The zero-order chi connectivity index (χ0) is 29.7. The van der Waals surface area contributed by atoms with Crippen molar-refractivity contribution < 1.29 is 33.1 Å². The van der Waals surface area contributed by atoms with Crippen LogP contribution in [0.25, 0.3) is 11.0 Å². The largest absolute Gasteiger partial charge is 0.464 e. The summed E-state index contributed by atoms with van der Waals surface area (Å²) in [5.41, 5.74) is 0.672. The fourth-order valence-electron chi connectivity index (χ4n) is 5.90. The maximum absolute atomic E-state index is 13.8. The fraction of sp³-hybridized carbons (Fsp3) is 0.613. The standard InChI is InChI=1S/C31H42N4O7/c1-20(32-27(36)18-35-10-13-40-14-11-35)29(38)34-25(17-22-7-8-26-23(15-22)9-12-41-26)30(39)33-24(16-21-5-3-4-6-21)28(37)31(2)19-42-31/h7-9,12,15,20-21,24-25H,3-6,10-11,13-14,16-19H2,1-2H3,(H,32,36)(H,33,39)(H,34,38)/t20-,24-,25-,31+/m0/s1. The molecule has 11 heteroatoms. The third-order valence-corrected chi connectivity index (χ3v) is 8.61. The van der Waals surface area contributed by atoms with Crippen LogP contribution in [0.4, 0.5) is 0 Å². The Balaban J connectivity index is 1.28. The summed E-state index contributed by atoms with van der Waals surface area (Å²) in [5.74, 6) is -0.962.